The van der Waals surface area contributed by atoms with E-state index in [9.17, 15) is 0 Å². The van der Waals surface area contributed by atoms with Gasteiger partial charge >= 0.3 is 0 Å². The summed E-state index contributed by atoms with van der Waals surface area (Å²) in [6.45, 7) is 0. The summed E-state index contributed by atoms with van der Waals surface area (Å²) < 4.78 is 16.4. The van der Waals surface area contributed by atoms with Gasteiger partial charge in [0.25, 0.3) is 0 Å². The first-order valence-corrected chi connectivity index (χ1v) is 8.79. The molecular formula is C23H21NO3. The molecule has 0 N–H and O–H groups in total. The van der Waals surface area contributed by atoms with Gasteiger partial charge in [0.05, 0.1) is 27.0 Å². The van der Waals surface area contributed by atoms with E-state index in [1.165, 1.54) is 10.9 Å². The molecule has 136 valence electrons. The van der Waals surface area contributed by atoms with Gasteiger partial charge < -0.3 is 14.2 Å². The molecule has 3 aromatic carbocycles. The molecule has 27 heavy (non-hydrogen) atoms. The van der Waals surface area contributed by atoms with Gasteiger partial charge in [0.2, 0.25) is 0 Å². The molecule has 0 aliphatic carbocycles. The summed E-state index contributed by atoms with van der Waals surface area (Å²) in [5, 5.41) is 4.43. The summed E-state index contributed by atoms with van der Waals surface area (Å²) in [5.41, 5.74) is 2.21. The molecule has 4 heteroatoms. The number of hydrogen-bond acceptors (Lipinski definition) is 4. The Hall–Kier alpha value is -3.27. The van der Waals surface area contributed by atoms with E-state index in [0.717, 1.165) is 39.8 Å². The van der Waals surface area contributed by atoms with Crippen molar-refractivity contribution in [3.05, 3.63) is 72.1 Å². The molecule has 0 saturated heterocycles. The predicted molar refractivity (Wildman–Crippen MR) is 108 cm³/mol. The Morgan fingerprint density at radius 3 is 2.15 bits per heavy atom. The lowest BCUT2D eigenvalue weighted by Crippen LogP contribution is -1.97. The zero-order chi connectivity index (χ0) is 18.8. The van der Waals surface area contributed by atoms with E-state index in [2.05, 4.69) is 29.2 Å². The van der Waals surface area contributed by atoms with Crippen LogP contribution in [-0.4, -0.2) is 26.3 Å². The van der Waals surface area contributed by atoms with Gasteiger partial charge in [0.1, 0.15) is 5.75 Å². The molecule has 4 aromatic rings. The van der Waals surface area contributed by atoms with Crippen molar-refractivity contribution >= 4 is 21.5 Å². The van der Waals surface area contributed by atoms with Crippen LogP contribution in [0.1, 0.15) is 11.3 Å². The monoisotopic (exact) mass is 359 g/mol. The number of hydrogen-bond donors (Lipinski definition) is 0. The Kier molecular flexibility index (Phi) is 4.55. The average Bonchev–Trinajstić information content (AvgIpc) is 2.73. The molecule has 0 spiro atoms. The van der Waals surface area contributed by atoms with Crippen molar-refractivity contribution in [2.45, 2.75) is 6.42 Å². The molecule has 0 fully saturated rings. The molecule has 0 saturated carbocycles. The highest BCUT2D eigenvalue weighted by atomic mass is 16.5. The van der Waals surface area contributed by atoms with E-state index >= 15 is 0 Å². The summed E-state index contributed by atoms with van der Waals surface area (Å²) >= 11 is 0. The number of methoxy groups -OCH3 is 3. The van der Waals surface area contributed by atoms with E-state index in [-0.39, 0.29) is 0 Å². The van der Waals surface area contributed by atoms with Crippen molar-refractivity contribution in [2.75, 3.05) is 21.3 Å². The first-order chi connectivity index (χ1) is 13.2. The molecule has 0 aliphatic heterocycles. The van der Waals surface area contributed by atoms with Crippen LogP contribution in [0.3, 0.4) is 0 Å². The quantitative estimate of drug-likeness (QED) is 0.502. The van der Waals surface area contributed by atoms with Crippen molar-refractivity contribution < 1.29 is 14.2 Å². The van der Waals surface area contributed by atoms with Gasteiger partial charge in [-0.2, -0.15) is 0 Å². The third-order valence-electron chi connectivity index (χ3n) is 4.90. The van der Waals surface area contributed by atoms with Crippen LogP contribution in [0.15, 0.2) is 60.8 Å². The minimum Gasteiger partial charge on any atom is -0.496 e. The van der Waals surface area contributed by atoms with Gasteiger partial charge in [-0.15, -0.1) is 0 Å². The van der Waals surface area contributed by atoms with Gasteiger partial charge in [-0.05, 0) is 40.6 Å². The number of fused-ring (bicyclic) bond motifs is 2. The molecule has 0 unspecified atom stereocenters. The first kappa shape index (κ1) is 17.2. The van der Waals surface area contributed by atoms with Crippen LogP contribution in [-0.2, 0) is 6.42 Å². The molecule has 4 nitrogen and oxygen atoms in total. The van der Waals surface area contributed by atoms with Gasteiger partial charge in [-0.3, -0.25) is 4.98 Å². The van der Waals surface area contributed by atoms with E-state index in [1.807, 2.05) is 36.5 Å². The van der Waals surface area contributed by atoms with E-state index in [1.54, 1.807) is 21.3 Å². The number of pyridine rings is 1. The van der Waals surface area contributed by atoms with Gasteiger partial charge in [-0.25, -0.2) is 0 Å². The normalized spacial score (nSPS) is 10.9. The van der Waals surface area contributed by atoms with Crippen LogP contribution in [0.5, 0.6) is 17.2 Å². The standard InChI is InChI=1S/C23H21NO3/c1-25-21-9-8-15(17-6-4-5-7-18(17)21)12-20-19-14-23(27-3)22(26-2)13-16(19)10-11-24-20/h4-11,13-14H,12H2,1-3H3. The molecular weight excluding hydrogens is 338 g/mol. The summed E-state index contributed by atoms with van der Waals surface area (Å²) in [7, 11) is 5.00. The largest absolute Gasteiger partial charge is 0.496 e. The zero-order valence-corrected chi connectivity index (χ0v) is 15.7. The SMILES string of the molecule is COc1cc2ccnc(Cc3ccc(OC)c4ccccc34)c2cc1OC. The Bertz CT molecular complexity index is 1120. The summed E-state index contributed by atoms with van der Waals surface area (Å²) in [5.74, 6) is 2.31. The highest BCUT2D eigenvalue weighted by molar-refractivity contribution is 5.92. The molecule has 0 atom stereocenters. The second-order valence-corrected chi connectivity index (χ2v) is 6.34. The zero-order valence-electron chi connectivity index (χ0n) is 15.7. The molecule has 0 amide bonds. The third kappa shape index (κ3) is 3.04. The number of rotatable bonds is 5. The number of benzene rings is 3. The fraction of sp³-hybridized carbons (Fsp3) is 0.174. The summed E-state index contributed by atoms with van der Waals surface area (Å²) in [6.07, 6.45) is 2.56. The fourth-order valence-electron chi connectivity index (χ4n) is 3.55. The lowest BCUT2D eigenvalue weighted by Gasteiger charge is -2.13. The lowest BCUT2D eigenvalue weighted by molar-refractivity contribution is 0.356. The topological polar surface area (TPSA) is 40.6 Å². The summed E-state index contributed by atoms with van der Waals surface area (Å²) in [4.78, 5) is 4.65. The molecule has 1 heterocycles. The van der Waals surface area contributed by atoms with Crippen molar-refractivity contribution in [1.29, 1.82) is 0 Å². The van der Waals surface area contributed by atoms with E-state index in [4.69, 9.17) is 14.2 Å². The highest BCUT2D eigenvalue weighted by Crippen LogP contribution is 2.35. The van der Waals surface area contributed by atoms with Crippen molar-refractivity contribution in [2.24, 2.45) is 0 Å². The second kappa shape index (κ2) is 7.16. The molecule has 0 bridgehead atoms. The predicted octanol–water partition coefficient (Wildman–Crippen LogP) is 5.00. The van der Waals surface area contributed by atoms with E-state index in [0.29, 0.717) is 5.75 Å². The molecule has 0 aliphatic rings. The molecule has 0 radical (unpaired) electrons. The van der Waals surface area contributed by atoms with Gasteiger partial charge in [-0.1, -0.05) is 30.3 Å². The van der Waals surface area contributed by atoms with Crippen LogP contribution in [0.4, 0.5) is 0 Å². The second-order valence-electron chi connectivity index (χ2n) is 6.34. The van der Waals surface area contributed by atoms with Crippen molar-refractivity contribution in [3.8, 4) is 17.2 Å². The van der Waals surface area contributed by atoms with Gasteiger partial charge in [0.15, 0.2) is 11.5 Å². The third-order valence-corrected chi connectivity index (χ3v) is 4.90. The first-order valence-electron chi connectivity index (χ1n) is 8.79. The van der Waals surface area contributed by atoms with Crippen LogP contribution in [0.2, 0.25) is 0 Å². The number of aromatic nitrogens is 1. The molecule has 1 aromatic heterocycles. The lowest BCUT2D eigenvalue weighted by atomic mass is 9.97. The Labute approximate surface area is 158 Å². The average molecular weight is 359 g/mol. The Morgan fingerprint density at radius 1 is 0.704 bits per heavy atom. The smallest absolute Gasteiger partial charge is 0.161 e. The number of nitrogens with zero attached hydrogens (tertiary/aromatic N) is 1. The number of ether oxygens (including phenoxy) is 3. The van der Waals surface area contributed by atoms with Crippen LogP contribution < -0.4 is 14.2 Å². The Balaban J connectivity index is 1.86. The van der Waals surface area contributed by atoms with Crippen LogP contribution >= 0.6 is 0 Å². The maximum atomic E-state index is 5.51. The fourth-order valence-corrected chi connectivity index (χ4v) is 3.55. The highest BCUT2D eigenvalue weighted by Gasteiger charge is 2.12. The van der Waals surface area contributed by atoms with Crippen molar-refractivity contribution in [1.82, 2.24) is 4.98 Å². The summed E-state index contributed by atoms with van der Waals surface area (Å²) in [6, 6.07) is 18.4. The Morgan fingerprint density at radius 2 is 1.41 bits per heavy atom. The minimum atomic E-state index is 0.707. The minimum absolute atomic E-state index is 0.707. The van der Waals surface area contributed by atoms with Crippen LogP contribution in [0, 0.1) is 0 Å². The van der Waals surface area contributed by atoms with Gasteiger partial charge in [0, 0.05) is 23.4 Å². The van der Waals surface area contributed by atoms with Crippen LogP contribution in [0.25, 0.3) is 21.5 Å². The maximum absolute atomic E-state index is 5.51. The maximum Gasteiger partial charge on any atom is 0.161 e. The van der Waals surface area contributed by atoms with Crippen molar-refractivity contribution in [3.63, 3.8) is 0 Å². The van der Waals surface area contributed by atoms with E-state index < -0.39 is 0 Å². The molecule has 4 rings (SSSR count).